The number of benzene rings is 2. The maximum atomic E-state index is 11.9. The van der Waals surface area contributed by atoms with E-state index in [9.17, 15) is 4.79 Å². The molecular formula is C17H18ClNO2. The Kier molecular flexibility index (Phi) is 5.64. The highest BCUT2D eigenvalue weighted by Crippen LogP contribution is 2.13. The van der Waals surface area contributed by atoms with Crippen LogP contribution in [-0.4, -0.2) is 13.0 Å². The Hall–Kier alpha value is -2.00. The molecule has 1 amide bonds. The number of rotatable bonds is 6. The van der Waals surface area contributed by atoms with Gasteiger partial charge >= 0.3 is 0 Å². The van der Waals surface area contributed by atoms with E-state index in [-0.39, 0.29) is 5.91 Å². The van der Waals surface area contributed by atoms with Gasteiger partial charge < -0.3 is 10.1 Å². The van der Waals surface area contributed by atoms with Crippen LogP contribution >= 0.6 is 11.6 Å². The molecule has 0 saturated carbocycles. The van der Waals surface area contributed by atoms with Crippen LogP contribution in [0.5, 0.6) is 5.75 Å². The number of amides is 1. The monoisotopic (exact) mass is 303 g/mol. The first kappa shape index (κ1) is 15.4. The summed E-state index contributed by atoms with van der Waals surface area (Å²) in [5.41, 5.74) is 3.07. The molecule has 0 aliphatic heterocycles. The van der Waals surface area contributed by atoms with E-state index in [4.69, 9.17) is 16.3 Å². The lowest BCUT2D eigenvalue weighted by Crippen LogP contribution is -2.24. The van der Waals surface area contributed by atoms with Crippen LogP contribution < -0.4 is 10.1 Å². The van der Waals surface area contributed by atoms with E-state index in [0.717, 1.165) is 22.4 Å². The first-order valence-electron chi connectivity index (χ1n) is 6.74. The lowest BCUT2D eigenvalue weighted by molar-refractivity contribution is -0.120. The van der Waals surface area contributed by atoms with Crippen molar-refractivity contribution < 1.29 is 9.53 Å². The van der Waals surface area contributed by atoms with Crippen LogP contribution in [0.4, 0.5) is 0 Å². The maximum absolute atomic E-state index is 11.9. The van der Waals surface area contributed by atoms with E-state index in [1.165, 1.54) is 0 Å². The zero-order valence-corrected chi connectivity index (χ0v) is 12.7. The minimum Gasteiger partial charge on any atom is -0.497 e. The van der Waals surface area contributed by atoms with Crippen molar-refractivity contribution in [3.05, 3.63) is 65.2 Å². The molecule has 0 aliphatic carbocycles. The molecule has 21 heavy (non-hydrogen) atoms. The second-order valence-electron chi connectivity index (χ2n) is 4.76. The summed E-state index contributed by atoms with van der Waals surface area (Å²) < 4.78 is 5.15. The summed E-state index contributed by atoms with van der Waals surface area (Å²) in [5, 5.41) is 2.91. The van der Waals surface area contributed by atoms with Gasteiger partial charge in [0.25, 0.3) is 0 Å². The molecule has 3 nitrogen and oxygen atoms in total. The molecule has 1 N–H and O–H groups in total. The third-order valence-corrected chi connectivity index (χ3v) is 3.47. The van der Waals surface area contributed by atoms with Gasteiger partial charge in [0, 0.05) is 12.4 Å². The van der Waals surface area contributed by atoms with Gasteiger partial charge in [-0.1, -0.05) is 36.4 Å². The van der Waals surface area contributed by atoms with Crippen LogP contribution in [0.25, 0.3) is 0 Å². The largest absolute Gasteiger partial charge is 0.497 e. The SMILES string of the molecule is COc1cccc(CC(=O)NCc2ccc(CCl)cc2)c1. The standard InChI is InChI=1S/C17H18ClNO2/c1-21-16-4-2-3-15(9-16)10-17(20)19-12-14-7-5-13(11-18)6-8-14/h2-9H,10-12H2,1H3,(H,19,20). The van der Waals surface area contributed by atoms with Gasteiger partial charge in [0.05, 0.1) is 13.5 Å². The Morgan fingerprint density at radius 1 is 1.10 bits per heavy atom. The van der Waals surface area contributed by atoms with Gasteiger partial charge in [-0.15, -0.1) is 11.6 Å². The molecule has 0 atom stereocenters. The zero-order valence-electron chi connectivity index (χ0n) is 11.9. The van der Waals surface area contributed by atoms with E-state index < -0.39 is 0 Å². The maximum Gasteiger partial charge on any atom is 0.224 e. The van der Waals surface area contributed by atoms with Gasteiger partial charge in [0.1, 0.15) is 5.75 Å². The lowest BCUT2D eigenvalue weighted by Gasteiger charge is -2.07. The van der Waals surface area contributed by atoms with E-state index >= 15 is 0 Å². The number of halogens is 1. The molecule has 0 radical (unpaired) electrons. The third-order valence-electron chi connectivity index (χ3n) is 3.17. The molecule has 0 bridgehead atoms. The van der Waals surface area contributed by atoms with Gasteiger partial charge in [-0.05, 0) is 28.8 Å². The minimum absolute atomic E-state index is 0.00956. The number of methoxy groups -OCH3 is 1. The van der Waals surface area contributed by atoms with Gasteiger partial charge in [-0.2, -0.15) is 0 Å². The Morgan fingerprint density at radius 2 is 1.81 bits per heavy atom. The molecule has 2 rings (SSSR count). The smallest absolute Gasteiger partial charge is 0.224 e. The summed E-state index contributed by atoms with van der Waals surface area (Å²) in [5.74, 6) is 1.25. The molecule has 0 unspecified atom stereocenters. The first-order chi connectivity index (χ1) is 10.2. The molecule has 2 aromatic carbocycles. The van der Waals surface area contributed by atoms with Crippen molar-refractivity contribution in [2.45, 2.75) is 18.8 Å². The van der Waals surface area contributed by atoms with Crippen molar-refractivity contribution >= 4 is 17.5 Å². The van der Waals surface area contributed by atoms with Crippen LogP contribution in [0.15, 0.2) is 48.5 Å². The van der Waals surface area contributed by atoms with Crippen molar-refractivity contribution in [2.24, 2.45) is 0 Å². The topological polar surface area (TPSA) is 38.3 Å². The summed E-state index contributed by atoms with van der Waals surface area (Å²) in [6.45, 7) is 0.519. The summed E-state index contributed by atoms with van der Waals surface area (Å²) in [6.07, 6.45) is 0.344. The average Bonchev–Trinajstić information content (AvgIpc) is 2.53. The Balaban J connectivity index is 1.86. The van der Waals surface area contributed by atoms with E-state index in [0.29, 0.717) is 18.8 Å². The molecule has 0 fully saturated rings. The Labute approximate surface area is 129 Å². The van der Waals surface area contributed by atoms with E-state index in [1.54, 1.807) is 7.11 Å². The zero-order chi connectivity index (χ0) is 15.1. The molecule has 2 aromatic rings. The second kappa shape index (κ2) is 7.70. The quantitative estimate of drug-likeness (QED) is 0.832. The van der Waals surface area contributed by atoms with Crippen molar-refractivity contribution in [3.63, 3.8) is 0 Å². The number of alkyl halides is 1. The molecule has 0 aromatic heterocycles. The van der Waals surface area contributed by atoms with Gasteiger partial charge in [0.2, 0.25) is 5.91 Å². The predicted octanol–water partition coefficient (Wildman–Crippen LogP) is 3.29. The minimum atomic E-state index is -0.00956. The number of nitrogens with one attached hydrogen (secondary N) is 1. The van der Waals surface area contributed by atoms with Crippen LogP contribution in [0.2, 0.25) is 0 Å². The molecule has 4 heteroatoms. The van der Waals surface area contributed by atoms with Crippen molar-refractivity contribution in [1.82, 2.24) is 5.32 Å². The van der Waals surface area contributed by atoms with Gasteiger partial charge in [-0.3, -0.25) is 4.79 Å². The number of hydrogen-bond donors (Lipinski definition) is 1. The highest BCUT2D eigenvalue weighted by Gasteiger charge is 2.04. The number of hydrogen-bond acceptors (Lipinski definition) is 2. The number of ether oxygens (including phenoxy) is 1. The summed E-state index contributed by atoms with van der Waals surface area (Å²) in [4.78, 5) is 11.9. The Bertz CT molecular complexity index is 596. The highest BCUT2D eigenvalue weighted by molar-refractivity contribution is 6.17. The van der Waals surface area contributed by atoms with Crippen LogP contribution in [0.3, 0.4) is 0 Å². The van der Waals surface area contributed by atoms with Gasteiger partial charge in [-0.25, -0.2) is 0 Å². The molecule has 0 aliphatic rings. The van der Waals surface area contributed by atoms with Crippen LogP contribution in [0, 0.1) is 0 Å². The Morgan fingerprint density at radius 3 is 2.48 bits per heavy atom. The molecule has 110 valence electrons. The van der Waals surface area contributed by atoms with Gasteiger partial charge in [0.15, 0.2) is 0 Å². The van der Waals surface area contributed by atoms with E-state index in [1.807, 2.05) is 48.5 Å². The molecule has 0 saturated heterocycles. The van der Waals surface area contributed by atoms with E-state index in [2.05, 4.69) is 5.32 Å². The number of carbonyl (C=O) groups excluding carboxylic acids is 1. The number of carbonyl (C=O) groups is 1. The first-order valence-corrected chi connectivity index (χ1v) is 7.28. The van der Waals surface area contributed by atoms with Crippen molar-refractivity contribution in [3.8, 4) is 5.75 Å². The second-order valence-corrected chi connectivity index (χ2v) is 5.02. The summed E-state index contributed by atoms with van der Waals surface area (Å²) >= 11 is 5.74. The molecule has 0 spiro atoms. The predicted molar refractivity (Wildman–Crippen MR) is 84.5 cm³/mol. The fourth-order valence-corrected chi connectivity index (χ4v) is 2.16. The average molecular weight is 304 g/mol. The highest BCUT2D eigenvalue weighted by atomic mass is 35.5. The lowest BCUT2D eigenvalue weighted by atomic mass is 10.1. The van der Waals surface area contributed by atoms with Crippen molar-refractivity contribution in [2.75, 3.05) is 7.11 Å². The normalized spacial score (nSPS) is 10.2. The molecule has 0 heterocycles. The summed E-state index contributed by atoms with van der Waals surface area (Å²) in [7, 11) is 1.61. The fraction of sp³-hybridized carbons (Fsp3) is 0.235. The summed E-state index contributed by atoms with van der Waals surface area (Å²) in [6, 6.07) is 15.4. The van der Waals surface area contributed by atoms with Crippen LogP contribution in [-0.2, 0) is 23.6 Å². The fourth-order valence-electron chi connectivity index (χ4n) is 1.98. The molecular weight excluding hydrogens is 286 g/mol. The van der Waals surface area contributed by atoms with Crippen LogP contribution in [0.1, 0.15) is 16.7 Å². The van der Waals surface area contributed by atoms with Crippen molar-refractivity contribution in [1.29, 1.82) is 0 Å². The third kappa shape index (κ3) is 4.80.